The molecule has 9 heteroatoms. The minimum absolute atomic E-state index is 0.120. The fourth-order valence-corrected chi connectivity index (χ4v) is 5.72. The monoisotopic (exact) mass is 484 g/mol. The SMILES string of the molecule is CC(C)[C@H]1Oc2ccccc2C(=O)N(CC(=O)c2ccc(S(=O)(=O)N3CCCCC3)cc2)C1=O. The van der Waals surface area contributed by atoms with Crippen molar-refractivity contribution in [2.24, 2.45) is 5.92 Å². The van der Waals surface area contributed by atoms with E-state index in [1.165, 1.54) is 28.6 Å². The highest BCUT2D eigenvalue weighted by atomic mass is 32.2. The highest BCUT2D eigenvalue weighted by Crippen LogP contribution is 2.28. The number of carbonyl (C=O) groups is 3. The normalized spacial score (nSPS) is 19.5. The Morgan fingerprint density at radius 1 is 1.00 bits per heavy atom. The molecule has 0 saturated carbocycles. The molecule has 1 atom stereocenters. The van der Waals surface area contributed by atoms with Crippen LogP contribution >= 0.6 is 0 Å². The van der Waals surface area contributed by atoms with Crippen LogP contribution in [0, 0.1) is 5.92 Å². The van der Waals surface area contributed by atoms with Gasteiger partial charge in [0.25, 0.3) is 11.8 Å². The van der Waals surface area contributed by atoms with Crippen molar-refractivity contribution < 1.29 is 27.5 Å². The number of carbonyl (C=O) groups excluding carboxylic acids is 3. The van der Waals surface area contributed by atoms with Crippen LogP contribution in [-0.2, 0) is 14.8 Å². The van der Waals surface area contributed by atoms with Gasteiger partial charge in [-0.2, -0.15) is 4.31 Å². The Balaban J connectivity index is 1.56. The van der Waals surface area contributed by atoms with E-state index in [1.807, 2.05) is 13.8 Å². The number of sulfonamides is 1. The Morgan fingerprint density at radius 2 is 1.65 bits per heavy atom. The van der Waals surface area contributed by atoms with Gasteiger partial charge in [0.15, 0.2) is 11.9 Å². The van der Waals surface area contributed by atoms with Gasteiger partial charge in [0.05, 0.1) is 17.0 Å². The molecule has 180 valence electrons. The zero-order valence-electron chi connectivity index (χ0n) is 19.3. The number of Topliss-reactive ketones (excluding diaryl/α,β-unsaturated/α-hetero) is 1. The summed E-state index contributed by atoms with van der Waals surface area (Å²) in [5.74, 6) is -1.55. The Morgan fingerprint density at radius 3 is 2.29 bits per heavy atom. The van der Waals surface area contributed by atoms with Crippen molar-refractivity contribution >= 4 is 27.6 Å². The summed E-state index contributed by atoms with van der Waals surface area (Å²) in [7, 11) is -3.62. The Kier molecular flexibility index (Phi) is 6.86. The second-order valence-corrected chi connectivity index (χ2v) is 10.9. The molecule has 2 aromatic rings. The van der Waals surface area contributed by atoms with E-state index in [4.69, 9.17) is 4.74 Å². The maximum atomic E-state index is 13.1. The Hall–Kier alpha value is -3.04. The van der Waals surface area contributed by atoms with Crippen LogP contribution in [0.15, 0.2) is 53.4 Å². The number of rotatable bonds is 6. The van der Waals surface area contributed by atoms with Crippen LogP contribution in [0.1, 0.15) is 53.8 Å². The molecule has 0 unspecified atom stereocenters. The zero-order valence-corrected chi connectivity index (χ0v) is 20.1. The molecule has 0 N–H and O–H groups in total. The van der Waals surface area contributed by atoms with Crippen LogP contribution < -0.4 is 4.74 Å². The number of benzene rings is 2. The second-order valence-electron chi connectivity index (χ2n) is 8.92. The van der Waals surface area contributed by atoms with E-state index in [0.717, 1.165) is 24.2 Å². The van der Waals surface area contributed by atoms with Gasteiger partial charge in [0.2, 0.25) is 10.0 Å². The lowest BCUT2D eigenvalue weighted by atomic mass is 10.1. The van der Waals surface area contributed by atoms with Gasteiger partial charge < -0.3 is 4.74 Å². The van der Waals surface area contributed by atoms with Crippen molar-refractivity contribution in [3.8, 4) is 5.75 Å². The first-order chi connectivity index (χ1) is 16.2. The predicted octanol–water partition coefficient (Wildman–Crippen LogP) is 3.13. The number of hydrogen-bond donors (Lipinski definition) is 0. The lowest BCUT2D eigenvalue weighted by molar-refractivity contribution is -0.136. The van der Waals surface area contributed by atoms with E-state index in [-0.39, 0.29) is 21.9 Å². The average Bonchev–Trinajstić information content (AvgIpc) is 2.95. The predicted molar refractivity (Wildman–Crippen MR) is 125 cm³/mol. The second kappa shape index (κ2) is 9.68. The molecule has 8 nitrogen and oxygen atoms in total. The van der Waals surface area contributed by atoms with Crippen molar-refractivity contribution in [2.75, 3.05) is 19.6 Å². The molecule has 1 fully saturated rings. The fraction of sp³-hybridized carbons (Fsp3) is 0.400. The molecule has 0 spiro atoms. The minimum atomic E-state index is -3.62. The van der Waals surface area contributed by atoms with Crippen molar-refractivity contribution in [3.05, 3.63) is 59.7 Å². The maximum Gasteiger partial charge on any atom is 0.271 e. The summed E-state index contributed by atoms with van der Waals surface area (Å²) in [5.41, 5.74) is 0.438. The first-order valence-corrected chi connectivity index (χ1v) is 12.9. The summed E-state index contributed by atoms with van der Waals surface area (Å²) < 4.78 is 33.0. The third kappa shape index (κ3) is 4.63. The Bertz CT molecular complexity index is 1200. The first kappa shape index (κ1) is 24.1. The molecular weight excluding hydrogens is 456 g/mol. The standard InChI is InChI=1S/C25H28N2O6S/c1-17(2)23-25(30)27(24(29)20-8-4-5-9-22(20)33-23)16-21(28)18-10-12-19(13-11-18)34(31,32)26-14-6-3-7-15-26/h4-5,8-13,17,23H,3,6-7,14-16H2,1-2H3/t23-/m1/s1. The van der Waals surface area contributed by atoms with Crippen LogP contribution in [-0.4, -0.2) is 61.0 Å². The number of ether oxygens (including phenoxy) is 1. The van der Waals surface area contributed by atoms with Crippen molar-refractivity contribution in [1.82, 2.24) is 9.21 Å². The topological polar surface area (TPSA) is 101 Å². The smallest absolute Gasteiger partial charge is 0.271 e. The summed E-state index contributed by atoms with van der Waals surface area (Å²) in [4.78, 5) is 40.3. The molecule has 1 saturated heterocycles. The largest absolute Gasteiger partial charge is 0.479 e. The van der Waals surface area contributed by atoms with E-state index in [9.17, 15) is 22.8 Å². The molecule has 34 heavy (non-hydrogen) atoms. The maximum absolute atomic E-state index is 13.1. The van der Waals surface area contributed by atoms with Crippen molar-refractivity contribution in [3.63, 3.8) is 0 Å². The number of ketones is 1. The summed E-state index contributed by atoms with van der Waals surface area (Å²) in [5, 5.41) is 0. The van der Waals surface area contributed by atoms with Gasteiger partial charge >= 0.3 is 0 Å². The van der Waals surface area contributed by atoms with Gasteiger partial charge in [0.1, 0.15) is 5.75 Å². The Labute approximate surface area is 199 Å². The highest BCUT2D eigenvalue weighted by molar-refractivity contribution is 7.89. The molecule has 0 radical (unpaired) electrons. The van der Waals surface area contributed by atoms with Gasteiger partial charge in [-0.1, -0.05) is 32.4 Å². The van der Waals surface area contributed by atoms with E-state index in [0.29, 0.717) is 18.8 Å². The van der Waals surface area contributed by atoms with Crippen LogP contribution in [0.3, 0.4) is 0 Å². The minimum Gasteiger partial charge on any atom is -0.479 e. The van der Waals surface area contributed by atoms with Crippen molar-refractivity contribution in [1.29, 1.82) is 0 Å². The van der Waals surface area contributed by atoms with Gasteiger partial charge in [-0.15, -0.1) is 0 Å². The van der Waals surface area contributed by atoms with Gasteiger partial charge in [-0.3, -0.25) is 19.3 Å². The molecule has 4 rings (SSSR count). The average molecular weight is 485 g/mol. The van der Waals surface area contributed by atoms with E-state index >= 15 is 0 Å². The number of imide groups is 1. The van der Waals surface area contributed by atoms with E-state index in [2.05, 4.69) is 0 Å². The summed E-state index contributed by atoms with van der Waals surface area (Å²) in [6, 6.07) is 12.2. The number of hydrogen-bond acceptors (Lipinski definition) is 6. The first-order valence-electron chi connectivity index (χ1n) is 11.4. The highest BCUT2D eigenvalue weighted by Gasteiger charge is 2.39. The van der Waals surface area contributed by atoms with Crippen LogP contribution in [0.5, 0.6) is 5.75 Å². The quantitative estimate of drug-likeness (QED) is 0.461. The fourth-order valence-electron chi connectivity index (χ4n) is 4.21. The third-order valence-electron chi connectivity index (χ3n) is 6.16. The number of para-hydroxylation sites is 1. The molecule has 2 aromatic carbocycles. The summed E-state index contributed by atoms with van der Waals surface area (Å²) in [6.45, 7) is 4.13. The number of piperidine rings is 1. The number of amides is 2. The van der Waals surface area contributed by atoms with Gasteiger partial charge in [0, 0.05) is 18.7 Å². The molecule has 2 amide bonds. The van der Waals surface area contributed by atoms with Crippen LogP contribution in [0.25, 0.3) is 0 Å². The van der Waals surface area contributed by atoms with Crippen LogP contribution in [0.2, 0.25) is 0 Å². The van der Waals surface area contributed by atoms with Gasteiger partial charge in [-0.05, 0) is 55.2 Å². The number of fused-ring (bicyclic) bond motifs is 1. The lowest BCUT2D eigenvalue weighted by Gasteiger charge is -2.26. The molecule has 0 aliphatic carbocycles. The molecule has 0 aromatic heterocycles. The van der Waals surface area contributed by atoms with Gasteiger partial charge in [-0.25, -0.2) is 8.42 Å². The lowest BCUT2D eigenvalue weighted by Crippen LogP contribution is -2.47. The molecule has 0 bridgehead atoms. The molecular formula is C25H28N2O6S. The summed E-state index contributed by atoms with van der Waals surface area (Å²) in [6.07, 6.45) is 1.77. The van der Waals surface area contributed by atoms with Crippen molar-refractivity contribution in [2.45, 2.75) is 44.1 Å². The van der Waals surface area contributed by atoms with Crippen LogP contribution in [0.4, 0.5) is 0 Å². The molecule has 2 aliphatic rings. The van der Waals surface area contributed by atoms with E-state index in [1.54, 1.807) is 24.3 Å². The summed E-state index contributed by atoms with van der Waals surface area (Å²) >= 11 is 0. The number of nitrogens with zero attached hydrogens (tertiary/aromatic N) is 2. The molecule has 2 aliphatic heterocycles. The van der Waals surface area contributed by atoms with E-state index < -0.39 is 40.3 Å². The third-order valence-corrected chi connectivity index (χ3v) is 8.08. The zero-order chi connectivity index (χ0) is 24.5. The molecule has 2 heterocycles.